The zero-order chi connectivity index (χ0) is 11.7. The Morgan fingerprint density at radius 2 is 2.31 bits per heavy atom. The van der Waals surface area contributed by atoms with Gasteiger partial charge in [0.25, 0.3) is 0 Å². The van der Waals surface area contributed by atoms with Crippen molar-refractivity contribution in [1.82, 2.24) is 4.98 Å². The van der Waals surface area contributed by atoms with Gasteiger partial charge in [-0.25, -0.2) is 4.79 Å². The van der Waals surface area contributed by atoms with E-state index in [1.165, 1.54) is 0 Å². The Kier molecular flexibility index (Phi) is 2.75. The predicted molar refractivity (Wildman–Crippen MR) is 63.7 cm³/mol. The van der Waals surface area contributed by atoms with E-state index in [2.05, 4.69) is 4.98 Å². The minimum absolute atomic E-state index is 0.302. The fourth-order valence-electron chi connectivity index (χ4n) is 1.61. The number of anilines is 1. The van der Waals surface area contributed by atoms with Crippen LogP contribution in [0.15, 0.2) is 18.2 Å². The number of nitrogen functional groups attached to an aromatic ring is 1. The summed E-state index contributed by atoms with van der Waals surface area (Å²) in [6.45, 7) is 2.06. The molecule has 4 nitrogen and oxygen atoms in total. The van der Waals surface area contributed by atoms with Crippen LogP contribution in [0.3, 0.4) is 0 Å². The topological polar surface area (TPSA) is 68.1 Å². The van der Waals surface area contributed by atoms with Gasteiger partial charge in [0.15, 0.2) is 0 Å². The first-order chi connectivity index (χ1) is 7.63. The predicted octanol–water partition coefficient (Wildman–Crippen LogP) is 2.58. The number of aromatic amines is 1. The molecule has 0 fully saturated rings. The van der Waals surface area contributed by atoms with Crippen LogP contribution >= 0.6 is 11.6 Å². The van der Waals surface area contributed by atoms with E-state index in [1.807, 2.05) is 0 Å². The zero-order valence-corrected chi connectivity index (χ0v) is 9.47. The quantitative estimate of drug-likeness (QED) is 0.791. The van der Waals surface area contributed by atoms with Crippen molar-refractivity contribution in [2.24, 2.45) is 0 Å². The lowest BCUT2D eigenvalue weighted by Gasteiger charge is -2.01. The number of ether oxygens (including phenoxy) is 1. The highest BCUT2D eigenvalue weighted by Gasteiger charge is 2.17. The minimum Gasteiger partial charge on any atom is -0.462 e. The molecule has 0 saturated heterocycles. The Hall–Kier alpha value is -1.68. The second-order valence-electron chi connectivity index (χ2n) is 3.32. The second kappa shape index (κ2) is 4.06. The molecule has 2 aromatic rings. The van der Waals surface area contributed by atoms with Crippen LogP contribution < -0.4 is 5.73 Å². The molecular formula is C11H11ClN2O2. The molecule has 1 heterocycles. The van der Waals surface area contributed by atoms with Crippen LogP contribution in [0.4, 0.5) is 5.82 Å². The molecule has 84 valence electrons. The van der Waals surface area contributed by atoms with E-state index < -0.39 is 5.97 Å². The van der Waals surface area contributed by atoms with Crippen LogP contribution in [0, 0.1) is 0 Å². The Morgan fingerprint density at radius 1 is 1.56 bits per heavy atom. The summed E-state index contributed by atoms with van der Waals surface area (Å²) in [6, 6.07) is 5.20. The fraction of sp³-hybridized carbons (Fsp3) is 0.182. The summed E-state index contributed by atoms with van der Waals surface area (Å²) in [5, 5.41) is 1.24. The first-order valence-corrected chi connectivity index (χ1v) is 5.25. The molecule has 0 unspecified atom stereocenters. The van der Waals surface area contributed by atoms with E-state index in [0.29, 0.717) is 28.4 Å². The smallest absolute Gasteiger partial charge is 0.342 e. The lowest BCUT2D eigenvalue weighted by atomic mass is 10.1. The molecule has 1 aromatic carbocycles. The van der Waals surface area contributed by atoms with Crippen molar-refractivity contribution in [1.29, 1.82) is 0 Å². The third kappa shape index (κ3) is 1.72. The summed E-state index contributed by atoms with van der Waals surface area (Å²) >= 11 is 5.87. The summed E-state index contributed by atoms with van der Waals surface area (Å²) in [6.07, 6.45) is 0. The number of halogens is 1. The molecule has 5 heteroatoms. The molecule has 0 radical (unpaired) electrons. The van der Waals surface area contributed by atoms with Crippen molar-refractivity contribution in [3.05, 3.63) is 28.8 Å². The van der Waals surface area contributed by atoms with Gasteiger partial charge in [-0.3, -0.25) is 0 Å². The molecule has 0 aliphatic carbocycles. The average molecular weight is 239 g/mol. The molecule has 2 rings (SSSR count). The van der Waals surface area contributed by atoms with Gasteiger partial charge < -0.3 is 15.5 Å². The number of nitrogens with one attached hydrogen (secondary N) is 1. The third-order valence-electron chi connectivity index (χ3n) is 2.27. The highest BCUT2D eigenvalue weighted by molar-refractivity contribution is 6.31. The summed E-state index contributed by atoms with van der Waals surface area (Å²) in [5.74, 6) is -0.135. The highest BCUT2D eigenvalue weighted by Crippen LogP contribution is 2.27. The van der Waals surface area contributed by atoms with Gasteiger partial charge >= 0.3 is 5.97 Å². The van der Waals surface area contributed by atoms with Gasteiger partial charge in [0.2, 0.25) is 0 Å². The number of aromatic nitrogens is 1. The number of carbonyl (C=O) groups excluding carboxylic acids is 1. The van der Waals surface area contributed by atoms with Gasteiger partial charge in [-0.1, -0.05) is 11.6 Å². The van der Waals surface area contributed by atoms with E-state index in [-0.39, 0.29) is 0 Å². The number of hydrogen-bond donors (Lipinski definition) is 2. The number of H-pyrrole nitrogens is 1. The van der Waals surface area contributed by atoms with Gasteiger partial charge in [0.05, 0.1) is 6.61 Å². The van der Waals surface area contributed by atoms with Gasteiger partial charge in [-0.15, -0.1) is 0 Å². The van der Waals surface area contributed by atoms with Crippen molar-refractivity contribution < 1.29 is 9.53 Å². The number of rotatable bonds is 2. The molecule has 16 heavy (non-hydrogen) atoms. The number of fused-ring (bicyclic) bond motifs is 1. The van der Waals surface area contributed by atoms with E-state index in [1.54, 1.807) is 25.1 Å². The van der Waals surface area contributed by atoms with Crippen LogP contribution in [-0.2, 0) is 4.74 Å². The lowest BCUT2D eigenvalue weighted by molar-refractivity contribution is 0.0530. The summed E-state index contributed by atoms with van der Waals surface area (Å²) in [4.78, 5) is 14.6. The normalized spacial score (nSPS) is 10.6. The molecule has 0 aliphatic rings. The molecule has 0 amide bonds. The van der Waals surface area contributed by atoms with E-state index in [0.717, 1.165) is 5.52 Å². The van der Waals surface area contributed by atoms with Crippen LogP contribution in [0.2, 0.25) is 5.02 Å². The van der Waals surface area contributed by atoms with Crippen LogP contribution in [-0.4, -0.2) is 17.6 Å². The van der Waals surface area contributed by atoms with Gasteiger partial charge in [0, 0.05) is 15.9 Å². The van der Waals surface area contributed by atoms with Gasteiger partial charge in [-0.05, 0) is 25.1 Å². The SMILES string of the molecule is CCOC(=O)c1c(N)[nH]c2ccc(Cl)cc12. The molecule has 0 saturated carbocycles. The lowest BCUT2D eigenvalue weighted by Crippen LogP contribution is -2.06. The maximum Gasteiger partial charge on any atom is 0.342 e. The second-order valence-corrected chi connectivity index (χ2v) is 3.76. The van der Waals surface area contributed by atoms with Crippen molar-refractivity contribution in [2.75, 3.05) is 12.3 Å². The highest BCUT2D eigenvalue weighted by atomic mass is 35.5. The Bertz CT molecular complexity index is 548. The van der Waals surface area contributed by atoms with Crippen molar-refractivity contribution in [2.45, 2.75) is 6.92 Å². The number of nitrogens with two attached hydrogens (primary N) is 1. The number of carbonyl (C=O) groups is 1. The van der Waals surface area contributed by atoms with Crippen molar-refractivity contribution >= 4 is 34.3 Å². The van der Waals surface area contributed by atoms with Crippen molar-refractivity contribution in [3.63, 3.8) is 0 Å². The van der Waals surface area contributed by atoms with Crippen LogP contribution in [0.25, 0.3) is 10.9 Å². The number of benzene rings is 1. The molecule has 1 aromatic heterocycles. The minimum atomic E-state index is -0.437. The first-order valence-electron chi connectivity index (χ1n) is 4.87. The molecule has 0 atom stereocenters. The largest absolute Gasteiger partial charge is 0.462 e. The summed E-state index contributed by atoms with van der Waals surface area (Å²) < 4.78 is 4.93. The Labute approximate surface area is 97.3 Å². The average Bonchev–Trinajstić information content (AvgIpc) is 2.53. The van der Waals surface area contributed by atoms with Gasteiger partial charge in [-0.2, -0.15) is 0 Å². The molecule has 0 aliphatic heterocycles. The molecule has 0 bridgehead atoms. The van der Waals surface area contributed by atoms with E-state index in [4.69, 9.17) is 22.1 Å². The van der Waals surface area contributed by atoms with Crippen molar-refractivity contribution in [3.8, 4) is 0 Å². The first kappa shape index (κ1) is 10.8. The number of hydrogen-bond acceptors (Lipinski definition) is 3. The zero-order valence-electron chi connectivity index (χ0n) is 8.71. The maximum atomic E-state index is 11.7. The molecule has 3 N–H and O–H groups in total. The standard InChI is InChI=1S/C11H11ClN2O2/c1-2-16-11(15)9-7-5-6(12)3-4-8(7)14-10(9)13/h3-5,14H,2,13H2,1H3. The monoisotopic (exact) mass is 238 g/mol. The van der Waals surface area contributed by atoms with Crippen LogP contribution in [0.1, 0.15) is 17.3 Å². The maximum absolute atomic E-state index is 11.7. The molecular weight excluding hydrogens is 228 g/mol. The Morgan fingerprint density at radius 3 is 3.00 bits per heavy atom. The molecule has 0 spiro atoms. The number of esters is 1. The summed E-state index contributed by atoms with van der Waals surface area (Å²) in [7, 11) is 0. The summed E-state index contributed by atoms with van der Waals surface area (Å²) in [5.41, 5.74) is 6.85. The van der Waals surface area contributed by atoms with Gasteiger partial charge in [0.1, 0.15) is 11.4 Å². The third-order valence-corrected chi connectivity index (χ3v) is 2.50. The van der Waals surface area contributed by atoms with E-state index >= 15 is 0 Å². The Balaban J connectivity index is 2.62. The van der Waals surface area contributed by atoms with E-state index in [9.17, 15) is 4.79 Å². The van der Waals surface area contributed by atoms with Crippen LogP contribution in [0.5, 0.6) is 0 Å². The fourth-order valence-corrected chi connectivity index (χ4v) is 1.78.